The average molecular weight is 448 g/mol. The van der Waals surface area contributed by atoms with Gasteiger partial charge in [0.2, 0.25) is 0 Å². The van der Waals surface area contributed by atoms with E-state index in [9.17, 15) is 9.59 Å². The molecule has 0 atom stereocenters. The molecule has 0 saturated carbocycles. The lowest BCUT2D eigenvalue weighted by atomic mass is 9.77. The molecule has 2 N–H and O–H groups in total. The third kappa shape index (κ3) is 4.75. The number of nitrogens with zero attached hydrogens (tertiary/aromatic N) is 5. The van der Waals surface area contributed by atoms with E-state index in [1.54, 1.807) is 23.9 Å². The summed E-state index contributed by atoms with van der Waals surface area (Å²) in [5.41, 5.74) is 3.83. The Hall–Kier alpha value is -3.67. The summed E-state index contributed by atoms with van der Waals surface area (Å²) in [6.07, 6.45) is 6.39. The zero-order chi connectivity index (χ0) is 23.8. The van der Waals surface area contributed by atoms with Crippen molar-refractivity contribution in [1.82, 2.24) is 24.8 Å². The van der Waals surface area contributed by atoms with Crippen molar-refractivity contribution in [3.05, 3.63) is 47.3 Å². The highest BCUT2D eigenvalue weighted by atomic mass is 16.2. The second-order valence-electron chi connectivity index (χ2n) is 9.68. The molecule has 2 aromatic heterocycles. The Morgan fingerprint density at radius 3 is 2.61 bits per heavy atom. The molecule has 0 spiro atoms. The first-order chi connectivity index (χ1) is 15.7. The van der Waals surface area contributed by atoms with Gasteiger partial charge in [0.15, 0.2) is 5.82 Å². The van der Waals surface area contributed by atoms with E-state index in [0.29, 0.717) is 18.8 Å². The number of aromatic nitrogens is 3. The zero-order valence-electron chi connectivity index (χ0n) is 19.5. The molecule has 3 heterocycles. The number of carbonyl (C=O) groups excluding carboxylic acids is 2. The Labute approximate surface area is 193 Å². The molecule has 33 heavy (non-hydrogen) atoms. The maximum absolute atomic E-state index is 12.8. The molecule has 1 aliphatic heterocycles. The monoisotopic (exact) mass is 447 g/mol. The molecule has 0 unspecified atom stereocenters. The third-order valence-electron chi connectivity index (χ3n) is 6.41. The van der Waals surface area contributed by atoms with Crippen LogP contribution in [0.2, 0.25) is 0 Å². The highest BCUT2D eigenvalue weighted by Crippen LogP contribution is 2.39. The smallest absolute Gasteiger partial charge is 0.319 e. The van der Waals surface area contributed by atoms with Crippen molar-refractivity contribution in [2.45, 2.75) is 39.0 Å². The summed E-state index contributed by atoms with van der Waals surface area (Å²) in [7, 11) is 3.59. The number of amides is 3. The normalized spacial score (nSPS) is 18.6. The first kappa shape index (κ1) is 22.5. The van der Waals surface area contributed by atoms with Crippen LogP contribution >= 0.6 is 0 Å². The van der Waals surface area contributed by atoms with Gasteiger partial charge in [0.05, 0.1) is 17.6 Å². The number of allylic oxidation sites excluding steroid dienone is 2. The van der Waals surface area contributed by atoms with Crippen LogP contribution in [0.15, 0.2) is 24.4 Å². The van der Waals surface area contributed by atoms with Gasteiger partial charge in [-0.2, -0.15) is 5.26 Å². The number of H-pyrrole nitrogens is 1. The predicted octanol–water partition coefficient (Wildman–Crippen LogP) is 3.60. The fourth-order valence-electron chi connectivity index (χ4n) is 4.37. The molecule has 4 rings (SSSR count). The molecule has 1 saturated heterocycles. The second-order valence-corrected chi connectivity index (χ2v) is 9.68. The summed E-state index contributed by atoms with van der Waals surface area (Å²) in [6.45, 7) is 5.69. The number of rotatable bonds is 4. The Morgan fingerprint density at radius 1 is 1.27 bits per heavy atom. The number of anilines is 1. The highest BCUT2D eigenvalue weighted by molar-refractivity contribution is 6.03. The van der Waals surface area contributed by atoms with Gasteiger partial charge in [-0.15, -0.1) is 0 Å². The molecular weight excluding hydrogens is 418 g/mol. The van der Waals surface area contributed by atoms with Crippen LogP contribution in [0.3, 0.4) is 0 Å². The SMILES string of the molecule is CN1CC(c2ccc(NC(=O)c3ncc(C#N)[nH]3)c(C3=CCC(C)(C)CC3)n2)CN(C)C1=O. The molecule has 0 aromatic carbocycles. The molecule has 3 amide bonds. The molecular formula is C24H29N7O2. The molecule has 0 radical (unpaired) electrons. The van der Waals surface area contributed by atoms with Crippen molar-refractivity contribution in [2.75, 3.05) is 32.5 Å². The largest absolute Gasteiger partial charge is 0.327 e. The van der Waals surface area contributed by atoms with Crippen molar-refractivity contribution in [3.63, 3.8) is 0 Å². The topological polar surface area (TPSA) is 118 Å². The number of urea groups is 1. The number of imidazole rings is 1. The van der Waals surface area contributed by atoms with Crippen molar-refractivity contribution >= 4 is 23.2 Å². The zero-order valence-corrected chi connectivity index (χ0v) is 19.5. The van der Waals surface area contributed by atoms with Crippen LogP contribution < -0.4 is 5.32 Å². The number of likely N-dealkylation sites (N-methyl/N-ethyl adjacent to an activating group) is 2. The maximum Gasteiger partial charge on any atom is 0.319 e. The average Bonchev–Trinajstić information content (AvgIpc) is 3.27. The van der Waals surface area contributed by atoms with Gasteiger partial charge in [-0.3, -0.25) is 9.78 Å². The molecule has 2 aliphatic rings. The first-order valence-corrected chi connectivity index (χ1v) is 11.1. The summed E-state index contributed by atoms with van der Waals surface area (Å²) in [6, 6.07) is 5.73. The van der Waals surface area contributed by atoms with Gasteiger partial charge in [0.25, 0.3) is 5.91 Å². The van der Waals surface area contributed by atoms with Crippen LogP contribution in [0.25, 0.3) is 5.57 Å². The number of nitriles is 1. The molecule has 9 heteroatoms. The third-order valence-corrected chi connectivity index (χ3v) is 6.41. The Bertz CT molecular complexity index is 1140. The van der Waals surface area contributed by atoms with Crippen LogP contribution in [0.1, 0.15) is 66.7 Å². The van der Waals surface area contributed by atoms with Gasteiger partial charge < -0.3 is 20.1 Å². The van der Waals surface area contributed by atoms with E-state index in [0.717, 1.165) is 36.2 Å². The van der Waals surface area contributed by atoms with E-state index >= 15 is 0 Å². The van der Waals surface area contributed by atoms with Gasteiger partial charge in [0.1, 0.15) is 11.8 Å². The lowest BCUT2D eigenvalue weighted by molar-refractivity contribution is 0.101. The first-order valence-electron chi connectivity index (χ1n) is 11.1. The number of pyridine rings is 1. The van der Waals surface area contributed by atoms with Gasteiger partial charge in [0, 0.05) is 38.8 Å². The number of nitrogens with one attached hydrogen (secondary N) is 2. The Morgan fingerprint density at radius 2 is 2.00 bits per heavy atom. The van der Waals surface area contributed by atoms with Crippen molar-refractivity contribution in [3.8, 4) is 6.07 Å². The summed E-state index contributed by atoms with van der Waals surface area (Å²) in [5.74, 6) is -0.272. The van der Waals surface area contributed by atoms with Crippen LogP contribution in [0.5, 0.6) is 0 Å². The minimum absolute atomic E-state index is 0.00256. The van der Waals surface area contributed by atoms with E-state index in [-0.39, 0.29) is 28.9 Å². The fourth-order valence-corrected chi connectivity index (χ4v) is 4.37. The number of aromatic amines is 1. The fraction of sp³-hybridized carbons (Fsp3) is 0.458. The van der Waals surface area contributed by atoms with Gasteiger partial charge in [-0.25, -0.2) is 9.78 Å². The van der Waals surface area contributed by atoms with Crippen LogP contribution in [0.4, 0.5) is 10.5 Å². The molecule has 1 aliphatic carbocycles. The minimum atomic E-state index is -0.424. The van der Waals surface area contributed by atoms with Crippen LogP contribution in [-0.2, 0) is 0 Å². The molecule has 172 valence electrons. The van der Waals surface area contributed by atoms with Crippen molar-refractivity contribution in [1.29, 1.82) is 5.26 Å². The lowest BCUT2D eigenvalue weighted by Gasteiger charge is -2.36. The predicted molar refractivity (Wildman–Crippen MR) is 124 cm³/mol. The van der Waals surface area contributed by atoms with Crippen molar-refractivity contribution in [2.24, 2.45) is 5.41 Å². The summed E-state index contributed by atoms with van der Waals surface area (Å²) >= 11 is 0. The standard InChI is InChI=1S/C24H29N7O2/c1-24(2)9-7-15(8-10-24)20-19(29-22(32)21-26-12-17(11-25)27-21)6-5-18(28-20)16-13-30(3)23(33)31(4)14-16/h5-7,12,16H,8-10,13-14H2,1-4H3,(H,26,27)(H,29,32). The van der Waals surface area contributed by atoms with Gasteiger partial charge in [-0.1, -0.05) is 19.9 Å². The number of carbonyl (C=O) groups is 2. The quantitative estimate of drug-likeness (QED) is 0.742. The van der Waals surface area contributed by atoms with Gasteiger partial charge in [-0.05, 0) is 42.4 Å². The minimum Gasteiger partial charge on any atom is -0.327 e. The molecule has 0 bridgehead atoms. The van der Waals surface area contributed by atoms with E-state index < -0.39 is 5.91 Å². The summed E-state index contributed by atoms with van der Waals surface area (Å²) in [5, 5.41) is 11.9. The Kier molecular flexibility index (Phi) is 5.93. The van der Waals surface area contributed by atoms with Crippen molar-refractivity contribution < 1.29 is 9.59 Å². The van der Waals surface area contributed by atoms with Gasteiger partial charge >= 0.3 is 6.03 Å². The van der Waals surface area contributed by atoms with E-state index in [4.69, 9.17) is 10.2 Å². The maximum atomic E-state index is 12.8. The van der Waals surface area contributed by atoms with E-state index in [1.165, 1.54) is 6.20 Å². The molecule has 1 fully saturated rings. The molecule has 2 aromatic rings. The van der Waals surface area contributed by atoms with Crippen LogP contribution in [-0.4, -0.2) is 63.9 Å². The Balaban J connectivity index is 1.67. The van der Waals surface area contributed by atoms with Crippen LogP contribution in [0, 0.1) is 16.7 Å². The van der Waals surface area contributed by atoms with E-state index in [2.05, 4.69) is 35.2 Å². The van der Waals surface area contributed by atoms with E-state index in [1.807, 2.05) is 18.2 Å². The second kappa shape index (κ2) is 8.70. The molecule has 9 nitrogen and oxygen atoms in total. The number of hydrogen-bond donors (Lipinski definition) is 2. The summed E-state index contributed by atoms with van der Waals surface area (Å²) in [4.78, 5) is 40.0. The highest BCUT2D eigenvalue weighted by Gasteiger charge is 2.30. The summed E-state index contributed by atoms with van der Waals surface area (Å²) < 4.78 is 0. The lowest BCUT2D eigenvalue weighted by Crippen LogP contribution is -2.49. The number of hydrogen-bond acceptors (Lipinski definition) is 5.